The number of hydrogen-bond acceptors (Lipinski definition) is 4. The summed E-state index contributed by atoms with van der Waals surface area (Å²) < 4.78 is 0. The molecule has 0 aromatic carbocycles. The molecule has 0 aromatic rings. The molecule has 6 atom stereocenters. The van der Waals surface area contributed by atoms with Crippen molar-refractivity contribution >= 4 is 17.3 Å². The predicted octanol–water partition coefficient (Wildman–Crippen LogP) is 3.61. The number of nitrogens with zero attached hydrogens (tertiary/aromatic N) is 1. The predicted molar refractivity (Wildman–Crippen MR) is 86.3 cm³/mol. The molecular weight excluding hydrogens is 290 g/mol. The first kappa shape index (κ1) is 15.3. The molecule has 4 nitrogen and oxygen atoms in total. The second-order valence-corrected chi connectivity index (χ2v) is 8.90. The minimum atomic E-state index is -0.217. The van der Waals surface area contributed by atoms with Crippen LogP contribution in [0, 0.1) is 34.5 Å². The molecule has 0 bridgehead atoms. The van der Waals surface area contributed by atoms with E-state index in [0.29, 0.717) is 48.6 Å². The van der Waals surface area contributed by atoms with E-state index in [4.69, 9.17) is 0 Å². The van der Waals surface area contributed by atoms with Gasteiger partial charge in [0.25, 0.3) is 0 Å². The first-order valence-corrected chi connectivity index (χ1v) is 9.16. The van der Waals surface area contributed by atoms with E-state index in [-0.39, 0.29) is 16.7 Å². The van der Waals surface area contributed by atoms with Crippen molar-refractivity contribution in [3.8, 4) is 0 Å². The van der Waals surface area contributed by atoms with Gasteiger partial charge in [-0.1, -0.05) is 19.0 Å². The third kappa shape index (κ3) is 1.93. The molecule has 4 heteroatoms. The number of rotatable bonds is 0. The standard InChI is InChI=1S/C19H27NO3/c1-18-7-5-12(21)9-11(18)10-15(20-23)17-13-3-4-16(22)19(13,2)8-6-14(17)18/h11,13-14,17,23H,3-10H2,1-2H3/b20-15+/t11?,13-,14-,17-,18-,19-/m0/s1. The van der Waals surface area contributed by atoms with Gasteiger partial charge < -0.3 is 5.21 Å². The molecule has 4 rings (SSSR count). The van der Waals surface area contributed by atoms with Gasteiger partial charge in [-0.25, -0.2) is 0 Å². The lowest BCUT2D eigenvalue weighted by molar-refractivity contribution is -0.135. The highest BCUT2D eigenvalue weighted by Crippen LogP contribution is 2.64. The molecule has 126 valence electrons. The van der Waals surface area contributed by atoms with Crippen LogP contribution in [-0.4, -0.2) is 22.5 Å². The summed E-state index contributed by atoms with van der Waals surface area (Å²) in [6.45, 7) is 4.49. The van der Waals surface area contributed by atoms with Crippen LogP contribution in [0.15, 0.2) is 5.16 Å². The van der Waals surface area contributed by atoms with Gasteiger partial charge in [-0.2, -0.15) is 0 Å². The molecule has 0 aromatic heterocycles. The lowest BCUT2D eigenvalue weighted by Crippen LogP contribution is -2.57. The zero-order valence-corrected chi connectivity index (χ0v) is 14.2. The molecule has 1 unspecified atom stereocenters. The number of hydrogen-bond donors (Lipinski definition) is 1. The van der Waals surface area contributed by atoms with Gasteiger partial charge in [0.15, 0.2) is 0 Å². The van der Waals surface area contributed by atoms with Crippen LogP contribution >= 0.6 is 0 Å². The molecule has 23 heavy (non-hydrogen) atoms. The highest BCUT2D eigenvalue weighted by molar-refractivity contribution is 5.93. The Balaban J connectivity index is 1.75. The fourth-order valence-corrected chi connectivity index (χ4v) is 6.63. The maximum absolute atomic E-state index is 12.5. The third-order valence-electron chi connectivity index (χ3n) is 8.14. The number of fused-ring (bicyclic) bond motifs is 5. The molecule has 0 aliphatic heterocycles. The lowest BCUT2D eigenvalue weighted by Gasteiger charge is -2.59. The van der Waals surface area contributed by atoms with Crippen molar-refractivity contribution < 1.29 is 14.8 Å². The Morgan fingerprint density at radius 2 is 1.83 bits per heavy atom. The normalized spacial score (nSPS) is 51.3. The Bertz CT molecular complexity index is 597. The Labute approximate surface area is 137 Å². The van der Waals surface area contributed by atoms with Crippen molar-refractivity contribution in [1.29, 1.82) is 0 Å². The molecule has 1 N–H and O–H groups in total. The zero-order chi connectivity index (χ0) is 16.4. The number of oxime groups is 1. The third-order valence-corrected chi connectivity index (χ3v) is 8.14. The van der Waals surface area contributed by atoms with Crippen LogP contribution < -0.4 is 0 Å². The average molecular weight is 317 g/mol. The summed E-state index contributed by atoms with van der Waals surface area (Å²) >= 11 is 0. The summed E-state index contributed by atoms with van der Waals surface area (Å²) in [6, 6.07) is 0. The largest absolute Gasteiger partial charge is 0.411 e. The highest BCUT2D eigenvalue weighted by atomic mass is 16.4. The van der Waals surface area contributed by atoms with Gasteiger partial charge in [0.2, 0.25) is 0 Å². The molecule has 4 saturated carbocycles. The number of carbonyl (C=O) groups is 2. The van der Waals surface area contributed by atoms with E-state index in [2.05, 4.69) is 19.0 Å². The van der Waals surface area contributed by atoms with Crippen molar-refractivity contribution in [2.45, 2.75) is 65.2 Å². The summed E-state index contributed by atoms with van der Waals surface area (Å²) in [4.78, 5) is 24.4. The van der Waals surface area contributed by atoms with Crippen LogP contribution in [0.25, 0.3) is 0 Å². The molecule has 4 aliphatic rings. The van der Waals surface area contributed by atoms with Crippen LogP contribution in [0.3, 0.4) is 0 Å². The first-order chi connectivity index (χ1) is 10.9. The van der Waals surface area contributed by atoms with Gasteiger partial charge in [0.1, 0.15) is 11.6 Å². The molecule has 0 heterocycles. The summed E-state index contributed by atoms with van der Waals surface area (Å²) in [5, 5.41) is 13.3. The van der Waals surface area contributed by atoms with Gasteiger partial charge in [0, 0.05) is 30.6 Å². The van der Waals surface area contributed by atoms with Crippen molar-refractivity contribution in [3.05, 3.63) is 0 Å². The number of ketones is 2. The Kier molecular flexibility index (Phi) is 3.27. The topological polar surface area (TPSA) is 66.7 Å². The molecule has 0 saturated heterocycles. The van der Waals surface area contributed by atoms with Crippen molar-refractivity contribution in [3.63, 3.8) is 0 Å². The number of Topliss-reactive ketones (excluding diaryl/α,β-unsaturated/α-hetero) is 2. The minimum Gasteiger partial charge on any atom is -0.411 e. The second-order valence-electron chi connectivity index (χ2n) is 8.90. The smallest absolute Gasteiger partial charge is 0.139 e. The van der Waals surface area contributed by atoms with Crippen molar-refractivity contribution in [2.24, 2.45) is 39.7 Å². The van der Waals surface area contributed by atoms with Gasteiger partial charge in [-0.3, -0.25) is 9.59 Å². The quantitative estimate of drug-likeness (QED) is 0.548. The van der Waals surface area contributed by atoms with Gasteiger partial charge >= 0.3 is 0 Å². The Morgan fingerprint density at radius 1 is 1.04 bits per heavy atom. The van der Waals surface area contributed by atoms with Crippen LogP contribution in [0.4, 0.5) is 0 Å². The van der Waals surface area contributed by atoms with Crippen molar-refractivity contribution in [1.82, 2.24) is 0 Å². The maximum Gasteiger partial charge on any atom is 0.139 e. The van der Waals surface area contributed by atoms with E-state index < -0.39 is 0 Å². The van der Waals surface area contributed by atoms with Crippen molar-refractivity contribution in [2.75, 3.05) is 0 Å². The minimum absolute atomic E-state index is 0.166. The molecule has 0 spiro atoms. The summed E-state index contributed by atoms with van der Waals surface area (Å²) in [5.41, 5.74) is 0.822. The van der Waals surface area contributed by atoms with Crippen LogP contribution in [-0.2, 0) is 9.59 Å². The lowest BCUT2D eigenvalue weighted by atomic mass is 9.45. The number of carbonyl (C=O) groups excluding carboxylic acids is 2. The van der Waals surface area contributed by atoms with E-state index in [1.165, 1.54) is 0 Å². The fraction of sp³-hybridized carbons (Fsp3) is 0.842. The van der Waals surface area contributed by atoms with E-state index in [0.717, 1.165) is 37.8 Å². The summed E-state index contributed by atoms with van der Waals surface area (Å²) in [5.74, 6) is 2.11. The first-order valence-electron chi connectivity index (χ1n) is 9.16. The van der Waals surface area contributed by atoms with E-state index in [1.54, 1.807) is 0 Å². The second kappa shape index (κ2) is 4.90. The molecule has 4 fully saturated rings. The monoisotopic (exact) mass is 317 g/mol. The maximum atomic E-state index is 12.5. The molecular formula is C19H27NO3. The zero-order valence-electron chi connectivity index (χ0n) is 14.2. The Morgan fingerprint density at radius 3 is 2.57 bits per heavy atom. The fourth-order valence-electron chi connectivity index (χ4n) is 6.63. The SMILES string of the molecule is C[C@]12CCC(=O)CC1C/C(=N\O)[C@@H]1[C@@H]2CC[C@]2(C)C(=O)CC[C@@H]12. The molecule has 4 aliphatic carbocycles. The van der Waals surface area contributed by atoms with Gasteiger partial charge in [-0.15, -0.1) is 0 Å². The van der Waals surface area contributed by atoms with Crippen LogP contribution in [0.1, 0.15) is 65.2 Å². The average Bonchev–Trinajstić information content (AvgIpc) is 2.83. The highest BCUT2D eigenvalue weighted by Gasteiger charge is 2.62. The molecule has 0 radical (unpaired) electrons. The summed E-state index contributed by atoms with van der Waals surface area (Å²) in [6.07, 6.45) is 6.66. The van der Waals surface area contributed by atoms with Crippen LogP contribution in [0.5, 0.6) is 0 Å². The van der Waals surface area contributed by atoms with Crippen LogP contribution in [0.2, 0.25) is 0 Å². The Hall–Kier alpha value is -1.19. The van der Waals surface area contributed by atoms with Gasteiger partial charge in [-0.05, 0) is 55.3 Å². The van der Waals surface area contributed by atoms with E-state index >= 15 is 0 Å². The van der Waals surface area contributed by atoms with E-state index in [9.17, 15) is 14.8 Å². The van der Waals surface area contributed by atoms with Gasteiger partial charge in [0.05, 0.1) is 5.71 Å². The van der Waals surface area contributed by atoms with E-state index in [1.807, 2.05) is 0 Å². The molecule has 0 amide bonds. The summed E-state index contributed by atoms with van der Waals surface area (Å²) in [7, 11) is 0.